The summed E-state index contributed by atoms with van der Waals surface area (Å²) in [5, 5.41) is 0.684. The molecule has 0 amide bonds. The molecule has 3 aromatic rings. The number of aryl methyl sites for hydroxylation is 1. The molecule has 1 heterocycles. The zero-order valence-corrected chi connectivity index (χ0v) is 12.7. The normalized spacial score (nSPS) is 12.7. The van der Waals surface area contributed by atoms with Gasteiger partial charge < -0.3 is 10.3 Å². The molecule has 1 aromatic heterocycles. The highest BCUT2D eigenvalue weighted by Gasteiger charge is 2.14. The fourth-order valence-corrected chi connectivity index (χ4v) is 2.87. The van der Waals surface area contributed by atoms with E-state index in [0.29, 0.717) is 11.0 Å². The molecule has 2 N–H and O–H groups in total. The van der Waals surface area contributed by atoms with Gasteiger partial charge in [-0.05, 0) is 43.5 Å². The van der Waals surface area contributed by atoms with Crippen LogP contribution in [0.1, 0.15) is 24.9 Å². The largest absolute Gasteiger partial charge is 0.369 e. The van der Waals surface area contributed by atoms with Gasteiger partial charge in [0.15, 0.2) is 0 Å². The minimum absolute atomic E-state index is 0.288. The number of imidazole rings is 1. The number of anilines is 1. The lowest BCUT2D eigenvalue weighted by molar-refractivity contribution is 0.525. The topological polar surface area (TPSA) is 43.8 Å². The van der Waals surface area contributed by atoms with Gasteiger partial charge in [-0.25, -0.2) is 4.98 Å². The Morgan fingerprint density at radius 3 is 2.71 bits per heavy atom. The van der Waals surface area contributed by atoms with Crippen molar-refractivity contribution < 1.29 is 0 Å². The second-order valence-corrected chi connectivity index (χ2v) is 5.78. The van der Waals surface area contributed by atoms with Crippen molar-refractivity contribution in [2.45, 2.75) is 25.8 Å². The summed E-state index contributed by atoms with van der Waals surface area (Å²) in [7, 11) is 0. The van der Waals surface area contributed by atoms with Crippen LogP contribution in [0, 0.1) is 0 Å². The molecule has 0 spiro atoms. The van der Waals surface area contributed by atoms with Crippen LogP contribution in [-0.2, 0) is 6.42 Å². The minimum Gasteiger partial charge on any atom is -0.369 e. The molecule has 0 radical (unpaired) electrons. The van der Waals surface area contributed by atoms with Gasteiger partial charge in [0.2, 0.25) is 5.95 Å². The Morgan fingerprint density at radius 2 is 1.95 bits per heavy atom. The van der Waals surface area contributed by atoms with Crippen LogP contribution in [0.3, 0.4) is 0 Å². The van der Waals surface area contributed by atoms with Crippen molar-refractivity contribution in [2.75, 3.05) is 5.73 Å². The zero-order valence-electron chi connectivity index (χ0n) is 12.0. The lowest BCUT2D eigenvalue weighted by Gasteiger charge is -2.16. The molecule has 108 valence electrons. The fourth-order valence-electron chi connectivity index (χ4n) is 2.70. The van der Waals surface area contributed by atoms with Crippen LogP contribution < -0.4 is 5.73 Å². The van der Waals surface area contributed by atoms with E-state index in [4.69, 9.17) is 17.3 Å². The van der Waals surface area contributed by atoms with Gasteiger partial charge in [0.1, 0.15) is 0 Å². The number of nitrogen functional groups attached to an aromatic ring is 1. The van der Waals surface area contributed by atoms with E-state index in [1.807, 2.05) is 24.3 Å². The predicted octanol–water partition coefficient (Wildman–Crippen LogP) is 4.47. The summed E-state index contributed by atoms with van der Waals surface area (Å²) in [4.78, 5) is 4.41. The van der Waals surface area contributed by atoms with Crippen LogP contribution in [-0.4, -0.2) is 9.55 Å². The zero-order chi connectivity index (χ0) is 14.8. The molecule has 3 rings (SSSR count). The third kappa shape index (κ3) is 2.88. The van der Waals surface area contributed by atoms with Crippen molar-refractivity contribution in [3.05, 3.63) is 59.1 Å². The summed E-state index contributed by atoms with van der Waals surface area (Å²) in [5.74, 6) is 0.549. The second-order valence-electron chi connectivity index (χ2n) is 5.35. The van der Waals surface area contributed by atoms with Gasteiger partial charge in [0.25, 0.3) is 0 Å². The lowest BCUT2D eigenvalue weighted by Crippen LogP contribution is -2.09. The Balaban J connectivity index is 1.84. The molecule has 0 aliphatic heterocycles. The van der Waals surface area contributed by atoms with Gasteiger partial charge in [-0.2, -0.15) is 0 Å². The third-order valence-electron chi connectivity index (χ3n) is 3.81. The monoisotopic (exact) mass is 299 g/mol. The summed E-state index contributed by atoms with van der Waals surface area (Å²) in [5.41, 5.74) is 9.32. The van der Waals surface area contributed by atoms with E-state index < -0.39 is 0 Å². The van der Waals surface area contributed by atoms with Crippen LogP contribution in [0.25, 0.3) is 11.0 Å². The van der Waals surface area contributed by atoms with Crippen molar-refractivity contribution in [2.24, 2.45) is 0 Å². The van der Waals surface area contributed by atoms with E-state index >= 15 is 0 Å². The van der Waals surface area contributed by atoms with Crippen LogP contribution in [0.2, 0.25) is 5.02 Å². The highest BCUT2D eigenvalue weighted by Crippen LogP contribution is 2.27. The van der Waals surface area contributed by atoms with E-state index in [2.05, 4.69) is 40.7 Å². The number of hydrogen-bond donors (Lipinski definition) is 1. The second kappa shape index (κ2) is 5.78. The fraction of sp³-hybridized carbons (Fsp3) is 0.235. The maximum Gasteiger partial charge on any atom is 0.201 e. The van der Waals surface area contributed by atoms with E-state index in [-0.39, 0.29) is 6.04 Å². The number of aromatic nitrogens is 2. The first-order chi connectivity index (χ1) is 10.1. The Morgan fingerprint density at radius 1 is 1.19 bits per heavy atom. The molecule has 1 unspecified atom stereocenters. The quantitative estimate of drug-likeness (QED) is 0.772. The Labute approximate surface area is 129 Å². The minimum atomic E-state index is 0.288. The number of rotatable bonds is 4. The third-order valence-corrected chi connectivity index (χ3v) is 4.05. The molecule has 0 aliphatic carbocycles. The van der Waals surface area contributed by atoms with Crippen molar-refractivity contribution in [3.63, 3.8) is 0 Å². The molecule has 0 bridgehead atoms. The molecule has 0 saturated carbocycles. The summed E-state index contributed by atoms with van der Waals surface area (Å²) >= 11 is 6.01. The number of fused-ring (bicyclic) bond motifs is 1. The Kier molecular flexibility index (Phi) is 3.84. The lowest BCUT2D eigenvalue weighted by atomic mass is 10.1. The number of nitrogens with zero attached hydrogens (tertiary/aromatic N) is 2. The summed E-state index contributed by atoms with van der Waals surface area (Å²) in [6.45, 7) is 2.18. The highest BCUT2D eigenvalue weighted by atomic mass is 35.5. The summed E-state index contributed by atoms with van der Waals surface area (Å²) in [6.07, 6.45) is 2.04. The van der Waals surface area contributed by atoms with Crippen LogP contribution >= 0.6 is 11.6 Å². The molecular formula is C17H18ClN3. The smallest absolute Gasteiger partial charge is 0.201 e. The van der Waals surface area contributed by atoms with Gasteiger partial charge in [-0.3, -0.25) is 0 Å². The predicted molar refractivity (Wildman–Crippen MR) is 88.6 cm³/mol. The maximum atomic E-state index is 6.08. The van der Waals surface area contributed by atoms with Gasteiger partial charge in [-0.1, -0.05) is 41.9 Å². The van der Waals surface area contributed by atoms with Gasteiger partial charge in [-0.15, -0.1) is 0 Å². The van der Waals surface area contributed by atoms with E-state index in [1.165, 1.54) is 5.56 Å². The Bertz CT molecular complexity index is 749. The van der Waals surface area contributed by atoms with E-state index in [1.54, 1.807) is 0 Å². The number of hydrogen-bond acceptors (Lipinski definition) is 2. The first-order valence-corrected chi connectivity index (χ1v) is 7.50. The summed E-state index contributed by atoms with van der Waals surface area (Å²) in [6, 6.07) is 16.5. The van der Waals surface area contributed by atoms with Crippen molar-refractivity contribution in [3.8, 4) is 0 Å². The van der Waals surface area contributed by atoms with Crippen LogP contribution in [0.4, 0.5) is 5.95 Å². The standard InChI is InChI=1S/C17H18ClN3/c1-12(7-8-13-5-3-2-4-6-13)21-16-10-9-14(18)11-15(16)20-17(21)19/h2-6,9-12H,7-8H2,1H3,(H2,19,20). The first-order valence-electron chi connectivity index (χ1n) is 7.12. The maximum absolute atomic E-state index is 6.08. The van der Waals surface area contributed by atoms with Gasteiger partial charge >= 0.3 is 0 Å². The number of nitrogens with two attached hydrogens (primary N) is 1. The summed E-state index contributed by atoms with van der Waals surface area (Å²) < 4.78 is 2.09. The number of halogens is 1. The van der Waals surface area contributed by atoms with Crippen LogP contribution in [0.15, 0.2) is 48.5 Å². The highest BCUT2D eigenvalue weighted by molar-refractivity contribution is 6.31. The van der Waals surface area contributed by atoms with Crippen molar-refractivity contribution >= 4 is 28.6 Å². The molecule has 3 nitrogen and oxygen atoms in total. The number of benzene rings is 2. The van der Waals surface area contributed by atoms with E-state index in [0.717, 1.165) is 23.9 Å². The molecule has 4 heteroatoms. The van der Waals surface area contributed by atoms with Gasteiger partial charge in [0.05, 0.1) is 11.0 Å². The molecule has 0 saturated heterocycles. The van der Waals surface area contributed by atoms with E-state index in [9.17, 15) is 0 Å². The van der Waals surface area contributed by atoms with Crippen LogP contribution in [0.5, 0.6) is 0 Å². The van der Waals surface area contributed by atoms with Crippen molar-refractivity contribution in [1.29, 1.82) is 0 Å². The molecule has 0 fully saturated rings. The Hall–Kier alpha value is -2.00. The van der Waals surface area contributed by atoms with Gasteiger partial charge in [0, 0.05) is 11.1 Å². The molecule has 0 aliphatic rings. The molecular weight excluding hydrogens is 282 g/mol. The average Bonchev–Trinajstić information content (AvgIpc) is 2.81. The molecule has 1 atom stereocenters. The molecule has 2 aromatic carbocycles. The SMILES string of the molecule is CC(CCc1ccccc1)n1c(N)nc2cc(Cl)ccc21. The average molecular weight is 300 g/mol. The van der Waals surface area contributed by atoms with Crippen molar-refractivity contribution in [1.82, 2.24) is 9.55 Å². The first kappa shape index (κ1) is 14.0. The molecule has 21 heavy (non-hydrogen) atoms.